The molecule has 0 aliphatic carbocycles. The zero-order valence-electron chi connectivity index (χ0n) is 13.0. The van der Waals surface area contributed by atoms with Crippen LogP contribution >= 0.6 is 11.6 Å². The molecular formula is C19H23ClN2. The molecule has 22 heavy (non-hydrogen) atoms. The highest BCUT2D eigenvalue weighted by molar-refractivity contribution is 6.30. The summed E-state index contributed by atoms with van der Waals surface area (Å²) >= 11 is 5.98. The highest BCUT2D eigenvalue weighted by Gasteiger charge is 2.25. The third-order valence-electron chi connectivity index (χ3n) is 4.41. The Balaban J connectivity index is 1.70. The Morgan fingerprint density at radius 1 is 1.05 bits per heavy atom. The predicted octanol–water partition coefficient (Wildman–Crippen LogP) is 4.04. The molecule has 2 unspecified atom stereocenters. The molecule has 3 rings (SSSR count). The molecule has 0 saturated carbocycles. The van der Waals surface area contributed by atoms with Crippen LogP contribution in [0.15, 0.2) is 48.5 Å². The first-order valence-corrected chi connectivity index (χ1v) is 8.29. The zero-order chi connectivity index (χ0) is 15.5. The van der Waals surface area contributed by atoms with E-state index >= 15 is 0 Å². The second kappa shape index (κ2) is 6.72. The molecule has 1 saturated heterocycles. The van der Waals surface area contributed by atoms with Gasteiger partial charge in [0.05, 0.1) is 0 Å². The summed E-state index contributed by atoms with van der Waals surface area (Å²) in [6.07, 6.45) is 2.19. The van der Waals surface area contributed by atoms with Crippen LogP contribution in [0.1, 0.15) is 17.5 Å². The van der Waals surface area contributed by atoms with Crippen molar-refractivity contribution in [3.8, 4) is 0 Å². The summed E-state index contributed by atoms with van der Waals surface area (Å²) in [6.45, 7) is 4.11. The van der Waals surface area contributed by atoms with Gasteiger partial charge >= 0.3 is 0 Å². The van der Waals surface area contributed by atoms with Crippen LogP contribution in [0, 0.1) is 12.8 Å². The van der Waals surface area contributed by atoms with Gasteiger partial charge in [-0.25, -0.2) is 0 Å². The maximum atomic E-state index is 6.29. The van der Waals surface area contributed by atoms with Gasteiger partial charge in [-0.1, -0.05) is 41.4 Å². The molecule has 1 aliphatic heterocycles. The van der Waals surface area contributed by atoms with E-state index in [0.717, 1.165) is 31.0 Å². The highest BCUT2D eigenvalue weighted by atomic mass is 35.5. The van der Waals surface area contributed by atoms with Crippen LogP contribution in [0.2, 0.25) is 5.02 Å². The first-order chi connectivity index (χ1) is 10.6. The lowest BCUT2D eigenvalue weighted by Gasteiger charge is -2.38. The Labute approximate surface area is 137 Å². The number of nitrogens with zero attached hydrogens (tertiary/aromatic N) is 1. The highest BCUT2D eigenvalue weighted by Crippen LogP contribution is 2.26. The van der Waals surface area contributed by atoms with Gasteiger partial charge in [0.25, 0.3) is 0 Å². The minimum Gasteiger partial charge on any atom is -0.370 e. The van der Waals surface area contributed by atoms with Crippen LogP contribution in [-0.2, 0) is 6.42 Å². The third kappa shape index (κ3) is 3.82. The molecule has 2 nitrogen and oxygen atoms in total. The van der Waals surface area contributed by atoms with Crippen LogP contribution in [0.25, 0.3) is 0 Å². The van der Waals surface area contributed by atoms with Crippen molar-refractivity contribution >= 4 is 17.3 Å². The Kier molecular flexibility index (Phi) is 4.70. The minimum atomic E-state index is 0.236. The van der Waals surface area contributed by atoms with E-state index in [-0.39, 0.29) is 6.04 Å². The van der Waals surface area contributed by atoms with Crippen molar-refractivity contribution in [2.75, 3.05) is 18.0 Å². The Morgan fingerprint density at radius 2 is 1.73 bits per heavy atom. The summed E-state index contributed by atoms with van der Waals surface area (Å²) in [4.78, 5) is 2.39. The van der Waals surface area contributed by atoms with E-state index in [9.17, 15) is 0 Å². The first kappa shape index (κ1) is 15.4. The molecule has 0 bridgehead atoms. The number of nitrogens with two attached hydrogens (primary N) is 1. The number of benzene rings is 2. The molecule has 2 aromatic carbocycles. The van der Waals surface area contributed by atoms with Gasteiger partial charge in [0.15, 0.2) is 0 Å². The molecule has 0 spiro atoms. The van der Waals surface area contributed by atoms with E-state index in [2.05, 4.69) is 48.2 Å². The molecule has 1 fully saturated rings. The Morgan fingerprint density at radius 3 is 2.41 bits per heavy atom. The lowest BCUT2D eigenvalue weighted by atomic mass is 9.88. The quantitative estimate of drug-likeness (QED) is 0.926. The van der Waals surface area contributed by atoms with E-state index in [4.69, 9.17) is 17.3 Å². The first-order valence-electron chi connectivity index (χ1n) is 7.92. The summed E-state index contributed by atoms with van der Waals surface area (Å²) in [7, 11) is 0. The SMILES string of the molecule is Cc1ccc(CC2CC(N)CN(c3ccc(Cl)cc3)C2)cc1. The van der Waals surface area contributed by atoms with E-state index in [0.29, 0.717) is 5.92 Å². The average Bonchev–Trinajstić information content (AvgIpc) is 2.50. The van der Waals surface area contributed by atoms with E-state index in [1.165, 1.54) is 16.8 Å². The molecule has 2 aromatic rings. The maximum absolute atomic E-state index is 6.29. The molecule has 1 heterocycles. The van der Waals surface area contributed by atoms with Crippen molar-refractivity contribution in [1.82, 2.24) is 0 Å². The van der Waals surface area contributed by atoms with Crippen molar-refractivity contribution in [2.45, 2.75) is 25.8 Å². The lowest BCUT2D eigenvalue weighted by molar-refractivity contribution is 0.374. The van der Waals surface area contributed by atoms with E-state index in [1.807, 2.05) is 12.1 Å². The summed E-state index contributed by atoms with van der Waals surface area (Å²) in [6, 6.07) is 17.2. The van der Waals surface area contributed by atoms with Crippen molar-refractivity contribution in [3.63, 3.8) is 0 Å². The maximum Gasteiger partial charge on any atom is 0.0407 e. The predicted molar refractivity (Wildman–Crippen MR) is 94.6 cm³/mol. The zero-order valence-corrected chi connectivity index (χ0v) is 13.8. The summed E-state index contributed by atoms with van der Waals surface area (Å²) < 4.78 is 0. The molecule has 2 N–H and O–H groups in total. The number of halogens is 1. The lowest BCUT2D eigenvalue weighted by Crippen LogP contribution is -2.47. The van der Waals surface area contributed by atoms with E-state index < -0.39 is 0 Å². The number of hydrogen-bond acceptors (Lipinski definition) is 2. The second-order valence-electron chi connectivity index (χ2n) is 6.43. The second-order valence-corrected chi connectivity index (χ2v) is 6.87. The van der Waals surface area contributed by atoms with Gasteiger partial charge in [0.1, 0.15) is 0 Å². The molecule has 1 aliphatic rings. The van der Waals surface area contributed by atoms with Gasteiger partial charge in [0.2, 0.25) is 0 Å². The van der Waals surface area contributed by atoms with Crippen LogP contribution in [0.5, 0.6) is 0 Å². The molecule has 2 atom stereocenters. The molecule has 3 heteroatoms. The van der Waals surface area contributed by atoms with Gasteiger partial charge in [-0.3, -0.25) is 0 Å². The van der Waals surface area contributed by atoms with Gasteiger partial charge in [-0.15, -0.1) is 0 Å². The van der Waals surface area contributed by atoms with Crippen LogP contribution in [0.3, 0.4) is 0 Å². The monoisotopic (exact) mass is 314 g/mol. The summed E-state index contributed by atoms with van der Waals surface area (Å²) in [5.41, 5.74) is 10.2. The molecule has 0 amide bonds. The van der Waals surface area contributed by atoms with Gasteiger partial charge < -0.3 is 10.6 Å². The van der Waals surface area contributed by atoms with Gasteiger partial charge in [-0.2, -0.15) is 0 Å². The number of piperidine rings is 1. The molecular weight excluding hydrogens is 292 g/mol. The third-order valence-corrected chi connectivity index (χ3v) is 4.66. The van der Waals surface area contributed by atoms with E-state index in [1.54, 1.807) is 0 Å². The summed E-state index contributed by atoms with van der Waals surface area (Å²) in [5.74, 6) is 0.599. The van der Waals surface area contributed by atoms with Crippen molar-refractivity contribution in [3.05, 3.63) is 64.7 Å². The Bertz CT molecular complexity index is 606. The number of aryl methyl sites for hydroxylation is 1. The van der Waals surface area contributed by atoms with Crippen molar-refractivity contribution in [1.29, 1.82) is 0 Å². The summed E-state index contributed by atoms with van der Waals surface area (Å²) in [5, 5.41) is 0.779. The van der Waals surface area contributed by atoms with Crippen molar-refractivity contribution in [2.24, 2.45) is 11.7 Å². The normalized spacial score (nSPS) is 21.9. The van der Waals surface area contributed by atoms with Crippen LogP contribution in [-0.4, -0.2) is 19.1 Å². The fourth-order valence-corrected chi connectivity index (χ4v) is 3.44. The number of hydrogen-bond donors (Lipinski definition) is 1. The smallest absolute Gasteiger partial charge is 0.0407 e. The Hall–Kier alpha value is -1.51. The largest absolute Gasteiger partial charge is 0.370 e. The molecule has 116 valence electrons. The van der Waals surface area contributed by atoms with Gasteiger partial charge in [0, 0.05) is 29.8 Å². The average molecular weight is 315 g/mol. The van der Waals surface area contributed by atoms with Crippen LogP contribution < -0.4 is 10.6 Å². The molecule has 0 radical (unpaired) electrons. The topological polar surface area (TPSA) is 29.3 Å². The standard InChI is InChI=1S/C19H23ClN2/c1-14-2-4-15(5-3-14)10-16-11-18(21)13-22(12-16)19-8-6-17(20)7-9-19/h2-9,16,18H,10-13,21H2,1H3. The van der Waals surface area contributed by atoms with Gasteiger partial charge in [-0.05, 0) is 55.5 Å². The number of anilines is 1. The number of rotatable bonds is 3. The van der Waals surface area contributed by atoms with Crippen LogP contribution in [0.4, 0.5) is 5.69 Å². The molecule has 0 aromatic heterocycles. The minimum absolute atomic E-state index is 0.236. The fourth-order valence-electron chi connectivity index (χ4n) is 3.31. The van der Waals surface area contributed by atoms with Crippen molar-refractivity contribution < 1.29 is 0 Å². The fraction of sp³-hybridized carbons (Fsp3) is 0.368.